The molecule has 0 N–H and O–H groups in total. The molecular formula is C16H15ClFNO4. The molecule has 2 aromatic heterocycles. The lowest BCUT2D eigenvalue weighted by atomic mass is 10.1. The molecule has 0 atom stereocenters. The van der Waals surface area contributed by atoms with E-state index in [1.54, 1.807) is 6.92 Å². The van der Waals surface area contributed by atoms with Crippen molar-refractivity contribution < 1.29 is 18.7 Å². The second kappa shape index (κ2) is 5.85. The summed E-state index contributed by atoms with van der Waals surface area (Å²) in [6.45, 7) is 1.80. The van der Waals surface area contributed by atoms with Crippen molar-refractivity contribution in [2.75, 3.05) is 13.7 Å². The van der Waals surface area contributed by atoms with Crippen LogP contribution in [0.15, 0.2) is 17.1 Å². The smallest absolute Gasteiger partial charge is 0.343 e. The number of hydrogen-bond donors (Lipinski definition) is 0. The van der Waals surface area contributed by atoms with Crippen LogP contribution in [0.5, 0.6) is 5.75 Å². The van der Waals surface area contributed by atoms with Crippen LogP contribution in [0.3, 0.4) is 0 Å². The number of halogens is 2. The van der Waals surface area contributed by atoms with Crippen molar-refractivity contribution in [3.63, 3.8) is 0 Å². The number of hydrogen-bond acceptors (Lipinski definition) is 4. The summed E-state index contributed by atoms with van der Waals surface area (Å²) in [5.74, 6) is -1.22. The highest BCUT2D eigenvalue weighted by atomic mass is 35.5. The molecule has 0 aromatic carbocycles. The molecule has 0 amide bonds. The molecule has 1 saturated carbocycles. The molecule has 1 fully saturated rings. The Kier molecular flexibility index (Phi) is 4.02. The first-order chi connectivity index (χ1) is 11.0. The molecule has 0 bridgehead atoms. The van der Waals surface area contributed by atoms with E-state index in [0.717, 1.165) is 29.0 Å². The van der Waals surface area contributed by atoms with Gasteiger partial charge >= 0.3 is 5.97 Å². The van der Waals surface area contributed by atoms with Crippen LogP contribution in [0.2, 0.25) is 5.02 Å². The molecule has 0 radical (unpaired) electrons. The second-order valence-electron chi connectivity index (χ2n) is 5.36. The Morgan fingerprint density at radius 2 is 2.17 bits per heavy atom. The number of fused-ring (bicyclic) bond motifs is 1. The van der Waals surface area contributed by atoms with Gasteiger partial charge in [-0.15, -0.1) is 0 Å². The van der Waals surface area contributed by atoms with Crippen molar-refractivity contribution in [2.45, 2.75) is 25.7 Å². The van der Waals surface area contributed by atoms with Gasteiger partial charge in [-0.1, -0.05) is 11.6 Å². The third-order valence-electron chi connectivity index (χ3n) is 3.85. The van der Waals surface area contributed by atoms with E-state index in [4.69, 9.17) is 21.1 Å². The van der Waals surface area contributed by atoms with Crippen LogP contribution in [0.4, 0.5) is 4.39 Å². The highest BCUT2D eigenvalue weighted by Crippen LogP contribution is 2.45. The van der Waals surface area contributed by atoms with Gasteiger partial charge in [-0.05, 0) is 37.3 Å². The molecule has 0 saturated heterocycles. The normalized spacial score (nSPS) is 14.1. The zero-order valence-electron chi connectivity index (χ0n) is 12.7. The maximum absolute atomic E-state index is 14.0. The molecule has 122 valence electrons. The maximum Gasteiger partial charge on any atom is 0.343 e. The van der Waals surface area contributed by atoms with Crippen LogP contribution >= 0.6 is 11.6 Å². The molecule has 3 rings (SSSR count). The van der Waals surface area contributed by atoms with E-state index in [9.17, 15) is 14.0 Å². The minimum Gasteiger partial charge on any atom is -0.493 e. The van der Waals surface area contributed by atoms with E-state index < -0.39 is 17.3 Å². The first-order valence-corrected chi connectivity index (χ1v) is 7.65. The fraction of sp³-hybridized carbons (Fsp3) is 0.375. The van der Waals surface area contributed by atoms with Gasteiger partial charge in [0.25, 0.3) is 5.56 Å². The Hall–Kier alpha value is -2.08. The largest absolute Gasteiger partial charge is 0.493 e. The number of esters is 1. The fourth-order valence-corrected chi connectivity index (χ4v) is 2.86. The molecule has 0 spiro atoms. The summed E-state index contributed by atoms with van der Waals surface area (Å²) in [5.41, 5.74) is 0.373. The third kappa shape index (κ3) is 2.57. The van der Waals surface area contributed by atoms with E-state index in [0.29, 0.717) is 5.52 Å². The van der Waals surface area contributed by atoms with Crippen LogP contribution in [-0.2, 0) is 4.74 Å². The number of aromatic nitrogens is 1. The summed E-state index contributed by atoms with van der Waals surface area (Å²) in [5, 5.41) is -0.183. The minimum absolute atomic E-state index is 0.0982. The molecule has 1 aliphatic carbocycles. The second-order valence-corrected chi connectivity index (χ2v) is 5.73. The molecule has 5 nitrogen and oxygen atoms in total. The van der Waals surface area contributed by atoms with Gasteiger partial charge in [-0.3, -0.25) is 9.20 Å². The highest BCUT2D eigenvalue weighted by Gasteiger charge is 2.31. The maximum atomic E-state index is 14.0. The van der Waals surface area contributed by atoms with Crippen molar-refractivity contribution >= 4 is 23.1 Å². The predicted octanol–water partition coefficient (Wildman–Crippen LogP) is 3.15. The van der Waals surface area contributed by atoms with Gasteiger partial charge in [0.2, 0.25) is 0 Å². The molecule has 2 aromatic rings. The van der Waals surface area contributed by atoms with Gasteiger partial charge in [0, 0.05) is 0 Å². The Bertz CT molecular complexity index is 858. The van der Waals surface area contributed by atoms with Crippen LogP contribution in [0, 0.1) is 5.82 Å². The third-order valence-corrected chi connectivity index (χ3v) is 4.20. The van der Waals surface area contributed by atoms with Crippen LogP contribution in [0.1, 0.15) is 41.6 Å². The van der Waals surface area contributed by atoms with Gasteiger partial charge < -0.3 is 9.47 Å². The van der Waals surface area contributed by atoms with E-state index in [1.807, 2.05) is 0 Å². The van der Waals surface area contributed by atoms with Crippen LogP contribution in [0.25, 0.3) is 5.52 Å². The number of nitrogens with zero attached hydrogens (tertiary/aromatic N) is 1. The average Bonchev–Trinajstić information content (AvgIpc) is 3.35. The summed E-state index contributed by atoms with van der Waals surface area (Å²) in [7, 11) is 1.36. The Morgan fingerprint density at radius 1 is 1.48 bits per heavy atom. The Morgan fingerprint density at radius 3 is 2.74 bits per heavy atom. The fourth-order valence-electron chi connectivity index (χ4n) is 2.65. The number of carbonyl (C=O) groups is 1. The van der Waals surface area contributed by atoms with Crippen molar-refractivity contribution in [3.05, 3.63) is 44.6 Å². The molecule has 23 heavy (non-hydrogen) atoms. The van der Waals surface area contributed by atoms with Gasteiger partial charge in [0.1, 0.15) is 10.6 Å². The highest BCUT2D eigenvalue weighted by molar-refractivity contribution is 6.32. The van der Waals surface area contributed by atoms with Crippen LogP contribution < -0.4 is 10.3 Å². The first kappa shape index (κ1) is 15.8. The molecule has 2 heterocycles. The standard InChI is InChI=1S/C16H15ClFNO4/c1-3-23-16(21)10-6-9(8-4-5-8)13-14(22-2)12(17)11(18)7-19(13)15(10)20/h6-8H,3-5H2,1-2H3. The lowest BCUT2D eigenvalue weighted by molar-refractivity contribution is 0.0524. The topological polar surface area (TPSA) is 57.0 Å². The van der Waals surface area contributed by atoms with Gasteiger partial charge in [-0.2, -0.15) is 0 Å². The first-order valence-electron chi connectivity index (χ1n) is 7.28. The molecular weight excluding hydrogens is 325 g/mol. The Balaban J connectivity index is 2.40. The van der Waals surface area contributed by atoms with Gasteiger partial charge in [0.05, 0.1) is 25.4 Å². The summed E-state index contributed by atoms with van der Waals surface area (Å²) in [6, 6.07) is 1.52. The molecule has 7 heteroatoms. The molecule has 1 aliphatic rings. The van der Waals surface area contributed by atoms with Gasteiger partial charge in [0.15, 0.2) is 11.6 Å². The van der Waals surface area contributed by atoms with E-state index in [1.165, 1.54) is 13.2 Å². The lowest BCUT2D eigenvalue weighted by Gasteiger charge is -2.15. The number of ether oxygens (including phenoxy) is 2. The predicted molar refractivity (Wildman–Crippen MR) is 83.1 cm³/mol. The van der Waals surface area contributed by atoms with Gasteiger partial charge in [-0.25, -0.2) is 9.18 Å². The van der Waals surface area contributed by atoms with Crippen molar-refractivity contribution in [3.8, 4) is 5.75 Å². The number of rotatable bonds is 4. The molecule has 0 unspecified atom stereocenters. The monoisotopic (exact) mass is 339 g/mol. The number of pyridine rings is 2. The summed E-state index contributed by atoms with van der Waals surface area (Å²) >= 11 is 5.97. The zero-order chi connectivity index (χ0) is 16.7. The number of carbonyl (C=O) groups excluding carboxylic acids is 1. The lowest BCUT2D eigenvalue weighted by Crippen LogP contribution is -2.25. The zero-order valence-corrected chi connectivity index (χ0v) is 13.4. The van der Waals surface area contributed by atoms with E-state index >= 15 is 0 Å². The SMILES string of the molecule is CCOC(=O)c1cc(C2CC2)c2c(OC)c(Cl)c(F)cn2c1=O. The van der Waals surface area contributed by atoms with Crippen LogP contribution in [-0.4, -0.2) is 24.1 Å². The summed E-state index contributed by atoms with van der Waals surface area (Å²) in [4.78, 5) is 24.6. The summed E-state index contributed by atoms with van der Waals surface area (Å²) < 4.78 is 25.2. The average molecular weight is 340 g/mol. The van der Waals surface area contributed by atoms with E-state index in [2.05, 4.69) is 0 Å². The van der Waals surface area contributed by atoms with Crippen molar-refractivity contribution in [2.24, 2.45) is 0 Å². The van der Waals surface area contributed by atoms with Crippen molar-refractivity contribution in [1.82, 2.24) is 4.40 Å². The van der Waals surface area contributed by atoms with Crippen molar-refractivity contribution in [1.29, 1.82) is 0 Å². The quantitative estimate of drug-likeness (QED) is 0.803. The number of methoxy groups -OCH3 is 1. The Labute approximate surface area is 136 Å². The minimum atomic E-state index is -0.791. The molecule has 0 aliphatic heterocycles. The summed E-state index contributed by atoms with van der Waals surface area (Å²) in [6.07, 6.45) is 2.83. The van der Waals surface area contributed by atoms with E-state index in [-0.39, 0.29) is 28.9 Å².